The summed E-state index contributed by atoms with van der Waals surface area (Å²) in [4.78, 5) is 12.2. The SMILES string of the molecule is CCC[S@@](=O)N(C)[C@@](F)(C(=O)OCC)[C@H](CF)c1ccccc1F. The molecule has 0 bridgehead atoms. The van der Waals surface area contributed by atoms with Gasteiger partial charge in [0.1, 0.15) is 12.5 Å². The first-order valence-electron chi connectivity index (χ1n) is 7.63. The lowest BCUT2D eigenvalue weighted by Gasteiger charge is -2.36. The number of carbonyl (C=O) groups excluding carboxylic acids is 1. The Labute approximate surface area is 142 Å². The van der Waals surface area contributed by atoms with Crippen molar-refractivity contribution in [3.63, 3.8) is 0 Å². The number of esters is 1. The molecule has 24 heavy (non-hydrogen) atoms. The molecule has 0 aliphatic rings. The van der Waals surface area contributed by atoms with E-state index in [0.717, 1.165) is 13.1 Å². The minimum absolute atomic E-state index is 0.0812. The Morgan fingerprint density at radius 2 is 2.00 bits per heavy atom. The van der Waals surface area contributed by atoms with Gasteiger partial charge in [-0.05, 0) is 25.0 Å². The van der Waals surface area contributed by atoms with E-state index in [-0.39, 0.29) is 17.9 Å². The van der Waals surface area contributed by atoms with Crippen molar-refractivity contribution < 1.29 is 26.9 Å². The van der Waals surface area contributed by atoms with Gasteiger partial charge in [0.2, 0.25) is 0 Å². The van der Waals surface area contributed by atoms with Gasteiger partial charge in [-0.1, -0.05) is 25.1 Å². The fourth-order valence-electron chi connectivity index (χ4n) is 2.33. The van der Waals surface area contributed by atoms with Gasteiger partial charge in [-0.25, -0.2) is 17.8 Å². The van der Waals surface area contributed by atoms with Crippen molar-refractivity contribution in [2.75, 3.05) is 26.1 Å². The largest absolute Gasteiger partial charge is 0.463 e. The number of ether oxygens (including phenoxy) is 1. The fourth-order valence-corrected chi connectivity index (χ4v) is 3.45. The Morgan fingerprint density at radius 3 is 2.50 bits per heavy atom. The molecule has 0 saturated carbocycles. The predicted octanol–water partition coefficient (Wildman–Crippen LogP) is 3.11. The van der Waals surface area contributed by atoms with Crippen LogP contribution >= 0.6 is 0 Å². The van der Waals surface area contributed by atoms with Crippen molar-refractivity contribution in [2.45, 2.75) is 32.0 Å². The number of benzene rings is 1. The highest BCUT2D eigenvalue weighted by Crippen LogP contribution is 2.38. The minimum atomic E-state index is -3.09. The molecule has 0 heterocycles. The van der Waals surface area contributed by atoms with E-state index in [4.69, 9.17) is 4.74 Å². The Morgan fingerprint density at radius 1 is 1.38 bits per heavy atom. The molecule has 0 aliphatic heterocycles. The van der Waals surface area contributed by atoms with Crippen molar-refractivity contribution in [3.05, 3.63) is 35.6 Å². The number of nitrogens with zero attached hydrogens (tertiary/aromatic N) is 1. The number of hydrogen-bond donors (Lipinski definition) is 0. The molecule has 0 N–H and O–H groups in total. The van der Waals surface area contributed by atoms with Gasteiger partial charge in [0.05, 0.1) is 23.5 Å². The van der Waals surface area contributed by atoms with Gasteiger partial charge in [0.15, 0.2) is 0 Å². The van der Waals surface area contributed by atoms with Gasteiger partial charge in [0.25, 0.3) is 5.79 Å². The number of alkyl halides is 2. The summed E-state index contributed by atoms with van der Waals surface area (Å²) in [6.07, 6.45) is 0.468. The van der Waals surface area contributed by atoms with Crippen LogP contribution in [0.1, 0.15) is 31.7 Å². The van der Waals surface area contributed by atoms with E-state index in [9.17, 15) is 17.8 Å². The first-order valence-corrected chi connectivity index (χ1v) is 8.90. The molecule has 0 unspecified atom stereocenters. The molecule has 1 aromatic rings. The van der Waals surface area contributed by atoms with Crippen LogP contribution < -0.4 is 0 Å². The predicted molar refractivity (Wildman–Crippen MR) is 86.7 cm³/mol. The Balaban J connectivity index is 3.42. The van der Waals surface area contributed by atoms with Gasteiger partial charge >= 0.3 is 5.97 Å². The summed E-state index contributed by atoms with van der Waals surface area (Å²) < 4.78 is 61.0. The molecule has 1 rings (SSSR count). The Kier molecular flexibility index (Phi) is 7.89. The lowest BCUT2D eigenvalue weighted by atomic mass is 9.90. The maximum atomic E-state index is 15.7. The van der Waals surface area contributed by atoms with Crippen LogP contribution in [0.5, 0.6) is 0 Å². The first kappa shape index (κ1) is 20.6. The van der Waals surface area contributed by atoms with Crippen LogP contribution in [0.15, 0.2) is 24.3 Å². The molecule has 0 aromatic heterocycles. The van der Waals surface area contributed by atoms with Crippen LogP contribution in [0.25, 0.3) is 0 Å². The number of carbonyl (C=O) groups is 1. The average molecular weight is 365 g/mol. The van der Waals surface area contributed by atoms with E-state index in [2.05, 4.69) is 0 Å². The molecule has 4 nitrogen and oxygen atoms in total. The topological polar surface area (TPSA) is 46.6 Å². The molecule has 0 amide bonds. The number of rotatable bonds is 9. The van der Waals surface area contributed by atoms with E-state index < -0.39 is 41.2 Å². The van der Waals surface area contributed by atoms with E-state index in [1.807, 2.05) is 0 Å². The maximum absolute atomic E-state index is 15.7. The maximum Gasteiger partial charge on any atom is 0.361 e. The van der Waals surface area contributed by atoms with Crippen LogP contribution in [0.3, 0.4) is 0 Å². The van der Waals surface area contributed by atoms with Gasteiger partial charge in [-0.15, -0.1) is 0 Å². The van der Waals surface area contributed by atoms with Gasteiger partial charge in [-0.2, -0.15) is 4.31 Å². The van der Waals surface area contributed by atoms with Gasteiger partial charge in [0, 0.05) is 12.8 Å². The normalized spacial score (nSPS) is 16.5. The second-order valence-electron chi connectivity index (χ2n) is 5.15. The molecule has 0 aliphatic carbocycles. The van der Waals surface area contributed by atoms with Crippen LogP contribution in [0.4, 0.5) is 13.2 Å². The lowest BCUT2D eigenvalue weighted by Crippen LogP contribution is -2.56. The Hall–Kier alpha value is -1.41. The third-order valence-electron chi connectivity index (χ3n) is 3.60. The van der Waals surface area contributed by atoms with E-state index in [0.29, 0.717) is 10.7 Å². The number of hydrogen-bond acceptors (Lipinski definition) is 3. The smallest absolute Gasteiger partial charge is 0.361 e. The highest BCUT2D eigenvalue weighted by molar-refractivity contribution is 7.82. The van der Waals surface area contributed by atoms with Crippen LogP contribution in [-0.2, 0) is 20.5 Å². The second kappa shape index (κ2) is 9.17. The van der Waals surface area contributed by atoms with Crippen molar-refractivity contribution in [1.82, 2.24) is 4.31 Å². The molecular weight excluding hydrogens is 343 g/mol. The summed E-state index contributed by atoms with van der Waals surface area (Å²) in [6.45, 7) is 1.70. The second-order valence-corrected chi connectivity index (χ2v) is 6.74. The third-order valence-corrected chi connectivity index (χ3v) is 5.24. The minimum Gasteiger partial charge on any atom is -0.463 e. The van der Waals surface area contributed by atoms with E-state index in [1.165, 1.54) is 25.1 Å². The molecule has 1 aromatic carbocycles. The zero-order valence-electron chi connectivity index (χ0n) is 13.9. The van der Waals surface area contributed by atoms with Crippen LogP contribution in [0, 0.1) is 5.82 Å². The third kappa shape index (κ3) is 4.16. The van der Waals surface area contributed by atoms with Gasteiger partial charge in [-0.3, -0.25) is 4.39 Å². The van der Waals surface area contributed by atoms with Crippen molar-refractivity contribution >= 4 is 17.0 Å². The molecule has 0 fully saturated rings. The fraction of sp³-hybridized carbons (Fsp3) is 0.562. The molecule has 0 saturated heterocycles. The standard InChI is InChI=1S/C16H22F3NO3S/c1-4-10-24(22)20(3)16(19,15(21)23-5-2)13(11-17)12-8-6-7-9-14(12)18/h6-9,13H,4-5,10-11H2,1-3H3/t13-,16-,24-/m1/s1. The number of halogens is 3. The molecule has 0 spiro atoms. The lowest BCUT2D eigenvalue weighted by molar-refractivity contribution is -0.168. The molecule has 136 valence electrons. The van der Waals surface area contributed by atoms with Crippen LogP contribution in [-0.4, -0.2) is 46.4 Å². The highest BCUT2D eigenvalue weighted by Gasteiger charge is 2.54. The number of likely N-dealkylation sites (N-methyl/N-ethyl adjacent to an activating group) is 1. The molecule has 0 radical (unpaired) electrons. The zero-order valence-corrected chi connectivity index (χ0v) is 14.7. The monoisotopic (exact) mass is 365 g/mol. The van der Waals surface area contributed by atoms with E-state index in [1.54, 1.807) is 6.92 Å². The van der Waals surface area contributed by atoms with Gasteiger partial charge < -0.3 is 4.74 Å². The summed E-state index contributed by atoms with van der Waals surface area (Å²) in [7, 11) is -0.789. The summed E-state index contributed by atoms with van der Waals surface area (Å²) in [5.41, 5.74) is -0.309. The van der Waals surface area contributed by atoms with Crippen molar-refractivity contribution in [1.29, 1.82) is 0 Å². The average Bonchev–Trinajstić information content (AvgIpc) is 2.56. The quantitative estimate of drug-likeness (QED) is 0.499. The highest BCUT2D eigenvalue weighted by atomic mass is 32.2. The summed E-state index contributed by atoms with van der Waals surface area (Å²) in [6, 6.07) is 5.03. The first-order chi connectivity index (χ1) is 11.3. The summed E-state index contributed by atoms with van der Waals surface area (Å²) in [5, 5.41) is 0. The summed E-state index contributed by atoms with van der Waals surface area (Å²) in [5.74, 6) is -7.04. The van der Waals surface area contributed by atoms with Crippen molar-refractivity contribution in [2.24, 2.45) is 0 Å². The molecule has 8 heteroatoms. The van der Waals surface area contributed by atoms with Crippen molar-refractivity contribution in [3.8, 4) is 0 Å². The van der Waals surface area contributed by atoms with Crippen LogP contribution in [0.2, 0.25) is 0 Å². The molecule has 3 atom stereocenters. The summed E-state index contributed by atoms with van der Waals surface area (Å²) >= 11 is 0. The zero-order chi connectivity index (χ0) is 18.3. The van der Waals surface area contributed by atoms with E-state index >= 15 is 4.39 Å². The Bertz CT molecular complexity index is 587. The molecular formula is C16H22F3NO3S.